The molecule has 8 heteroatoms. The Labute approximate surface area is 164 Å². The average Bonchev–Trinajstić information content (AvgIpc) is 2.68. The Morgan fingerprint density at radius 2 is 1.62 bits per heavy atom. The van der Waals surface area contributed by atoms with E-state index < -0.39 is 17.6 Å². The van der Waals surface area contributed by atoms with Crippen LogP contribution in [0.5, 0.6) is 0 Å². The molecule has 0 atom stereocenters. The number of nitrogens with zero attached hydrogens (tertiary/aromatic N) is 1. The Hall–Kier alpha value is -3.68. The number of benzene rings is 2. The Kier molecular flexibility index (Phi) is 5.63. The normalized spacial score (nSPS) is 11.0. The first kappa shape index (κ1) is 20.1. The van der Waals surface area contributed by atoms with Gasteiger partial charge in [0.05, 0.1) is 11.3 Å². The van der Waals surface area contributed by atoms with Crippen molar-refractivity contribution < 1.29 is 22.8 Å². The number of anilines is 3. The first-order valence-electron chi connectivity index (χ1n) is 8.56. The maximum atomic E-state index is 13.1. The number of ketones is 1. The van der Waals surface area contributed by atoms with Crippen molar-refractivity contribution in [3.8, 4) is 0 Å². The van der Waals surface area contributed by atoms with Gasteiger partial charge in [-0.2, -0.15) is 13.2 Å². The molecule has 0 saturated carbocycles. The topological polar surface area (TPSA) is 71.1 Å². The van der Waals surface area contributed by atoms with E-state index in [4.69, 9.17) is 0 Å². The lowest BCUT2D eigenvalue weighted by Gasteiger charge is -2.14. The average molecular weight is 399 g/mol. The number of alkyl halides is 3. The SMILES string of the molecule is CC(=O)c1ccc(NC(=O)c2cc(Nc3ccccc3C(F)(F)F)ccn2)cc1. The van der Waals surface area contributed by atoms with Gasteiger partial charge in [0.25, 0.3) is 5.91 Å². The Bertz CT molecular complexity index is 1050. The quantitative estimate of drug-likeness (QED) is 0.571. The number of Topliss-reactive ketones (excluding diaryl/α,β-unsaturated/α-hetero) is 1. The van der Waals surface area contributed by atoms with Crippen LogP contribution in [0, 0.1) is 0 Å². The monoisotopic (exact) mass is 399 g/mol. The molecule has 0 aliphatic heterocycles. The molecule has 148 valence electrons. The van der Waals surface area contributed by atoms with Crippen LogP contribution in [0.25, 0.3) is 0 Å². The summed E-state index contributed by atoms with van der Waals surface area (Å²) in [7, 11) is 0. The van der Waals surface area contributed by atoms with Crippen molar-refractivity contribution in [2.24, 2.45) is 0 Å². The van der Waals surface area contributed by atoms with E-state index in [9.17, 15) is 22.8 Å². The Morgan fingerprint density at radius 3 is 2.28 bits per heavy atom. The number of hydrogen-bond acceptors (Lipinski definition) is 4. The molecule has 2 N–H and O–H groups in total. The standard InChI is InChI=1S/C21H16F3N3O2/c1-13(28)14-6-8-15(9-7-14)27-20(29)19-12-16(10-11-25-19)26-18-5-3-2-4-17(18)21(22,23)24/h2-12H,1H3,(H,25,26)(H,27,29). The summed E-state index contributed by atoms with van der Waals surface area (Å²) in [5.74, 6) is -0.629. The number of carbonyl (C=O) groups excluding carboxylic acids is 2. The van der Waals surface area contributed by atoms with Gasteiger partial charge in [-0.05, 0) is 55.5 Å². The first-order chi connectivity index (χ1) is 13.7. The highest BCUT2D eigenvalue weighted by Gasteiger charge is 2.33. The van der Waals surface area contributed by atoms with Crippen molar-refractivity contribution in [2.75, 3.05) is 10.6 Å². The van der Waals surface area contributed by atoms with Crippen molar-refractivity contribution in [3.05, 3.63) is 83.7 Å². The first-order valence-corrected chi connectivity index (χ1v) is 8.56. The lowest BCUT2D eigenvalue weighted by Crippen LogP contribution is -2.14. The molecule has 29 heavy (non-hydrogen) atoms. The number of halogens is 3. The van der Waals surface area contributed by atoms with Crippen molar-refractivity contribution in [2.45, 2.75) is 13.1 Å². The number of hydrogen-bond donors (Lipinski definition) is 2. The molecule has 3 rings (SSSR count). The molecule has 0 spiro atoms. The largest absolute Gasteiger partial charge is 0.418 e. The molecule has 0 radical (unpaired) electrons. The minimum atomic E-state index is -4.51. The van der Waals surface area contributed by atoms with Crippen molar-refractivity contribution in [1.82, 2.24) is 4.98 Å². The van der Waals surface area contributed by atoms with Crippen molar-refractivity contribution in [3.63, 3.8) is 0 Å². The van der Waals surface area contributed by atoms with E-state index in [1.807, 2.05) is 0 Å². The van der Waals surface area contributed by atoms with E-state index in [1.54, 1.807) is 24.3 Å². The molecule has 1 amide bonds. The van der Waals surface area contributed by atoms with Crippen LogP contribution in [0.2, 0.25) is 0 Å². The van der Waals surface area contributed by atoms with Crippen LogP contribution in [-0.4, -0.2) is 16.7 Å². The van der Waals surface area contributed by atoms with E-state index in [-0.39, 0.29) is 22.9 Å². The lowest BCUT2D eigenvalue weighted by atomic mass is 10.1. The van der Waals surface area contributed by atoms with Gasteiger partial charge < -0.3 is 10.6 Å². The third kappa shape index (κ3) is 4.98. The van der Waals surface area contributed by atoms with Gasteiger partial charge in [0.15, 0.2) is 5.78 Å². The fraction of sp³-hybridized carbons (Fsp3) is 0.0952. The number of pyridine rings is 1. The highest BCUT2D eigenvalue weighted by atomic mass is 19.4. The summed E-state index contributed by atoms with van der Waals surface area (Å²) >= 11 is 0. The molecule has 2 aromatic carbocycles. The third-order valence-electron chi connectivity index (χ3n) is 4.05. The van der Waals surface area contributed by atoms with E-state index in [0.717, 1.165) is 6.07 Å². The minimum Gasteiger partial charge on any atom is -0.355 e. The predicted octanol–water partition coefficient (Wildman–Crippen LogP) is 5.30. The van der Waals surface area contributed by atoms with E-state index in [1.165, 1.54) is 43.5 Å². The van der Waals surface area contributed by atoms with Gasteiger partial charge in [0, 0.05) is 23.1 Å². The summed E-state index contributed by atoms with van der Waals surface area (Å²) in [4.78, 5) is 27.7. The van der Waals surface area contributed by atoms with Gasteiger partial charge >= 0.3 is 6.18 Å². The van der Waals surface area contributed by atoms with Crippen LogP contribution < -0.4 is 10.6 Å². The summed E-state index contributed by atoms with van der Waals surface area (Å²) in [5, 5.41) is 5.31. The molecule has 0 unspecified atom stereocenters. The fourth-order valence-electron chi connectivity index (χ4n) is 2.61. The molecule has 0 bridgehead atoms. The molecular weight excluding hydrogens is 383 g/mol. The van der Waals surface area contributed by atoms with Gasteiger partial charge in [0.1, 0.15) is 5.69 Å². The zero-order valence-corrected chi connectivity index (χ0v) is 15.2. The lowest BCUT2D eigenvalue weighted by molar-refractivity contribution is -0.136. The summed E-state index contributed by atoms with van der Waals surface area (Å²) in [6, 6.07) is 14.2. The molecule has 5 nitrogen and oxygen atoms in total. The van der Waals surface area contributed by atoms with Crippen LogP contribution in [0.4, 0.5) is 30.2 Å². The van der Waals surface area contributed by atoms with E-state index in [2.05, 4.69) is 15.6 Å². The molecule has 0 saturated heterocycles. The molecule has 1 aromatic heterocycles. The summed E-state index contributed by atoms with van der Waals surface area (Å²) in [6.07, 6.45) is -3.19. The van der Waals surface area contributed by atoms with Gasteiger partial charge in [-0.25, -0.2) is 0 Å². The fourth-order valence-corrected chi connectivity index (χ4v) is 2.61. The third-order valence-corrected chi connectivity index (χ3v) is 4.05. The highest BCUT2D eigenvalue weighted by Crippen LogP contribution is 2.35. The van der Waals surface area contributed by atoms with Gasteiger partial charge in [-0.1, -0.05) is 12.1 Å². The number of carbonyl (C=O) groups is 2. The van der Waals surface area contributed by atoms with Crippen LogP contribution >= 0.6 is 0 Å². The van der Waals surface area contributed by atoms with E-state index in [0.29, 0.717) is 11.3 Å². The zero-order valence-electron chi connectivity index (χ0n) is 15.2. The predicted molar refractivity (Wildman–Crippen MR) is 103 cm³/mol. The maximum absolute atomic E-state index is 13.1. The zero-order chi connectivity index (χ0) is 21.0. The van der Waals surface area contributed by atoms with Gasteiger partial charge in [-0.15, -0.1) is 0 Å². The number of rotatable bonds is 5. The van der Waals surface area contributed by atoms with Crippen LogP contribution in [0.1, 0.15) is 33.3 Å². The number of nitrogens with one attached hydrogen (secondary N) is 2. The summed E-state index contributed by atoms with van der Waals surface area (Å²) in [6.45, 7) is 1.44. The van der Waals surface area contributed by atoms with Gasteiger partial charge in [-0.3, -0.25) is 14.6 Å². The second kappa shape index (κ2) is 8.14. The van der Waals surface area contributed by atoms with Crippen LogP contribution in [-0.2, 0) is 6.18 Å². The molecule has 0 aliphatic rings. The second-order valence-electron chi connectivity index (χ2n) is 6.19. The van der Waals surface area contributed by atoms with Crippen molar-refractivity contribution >= 4 is 28.8 Å². The number of amides is 1. The number of aromatic nitrogens is 1. The van der Waals surface area contributed by atoms with Crippen LogP contribution in [0.3, 0.4) is 0 Å². The Balaban J connectivity index is 1.78. The molecular formula is C21H16F3N3O2. The smallest absolute Gasteiger partial charge is 0.355 e. The number of para-hydroxylation sites is 1. The molecule has 3 aromatic rings. The van der Waals surface area contributed by atoms with E-state index >= 15 is 0 Å². The second-order valence-corrected chi connectivity index (χ2v) is 6.19. The molecule has 1 heterocycles. The maximum Gasteiger partial charge on any atom is 0.418 e. The highest BCUT2D eigenvalue weighted by molar-refractivity contribution is 6.03. The Morgan fingerprint density at radius 1 is 0.931 bits per heavy atom. The summed E-state index contributed by atoms with van der Waals surface area (Å²) < 4.78 is 39.4. The van der Waals surface area contributed by atoms with Gasteiger partial charge in [0.2, 0.25) is 0 Å². The molecule has 0 aliphatic carbocycles. The minimum absolute atomic E-state index is 0.0233. The summed E-state index contributed by atoms with van der Waals surface area (Å²) in [5.41, 5.74) is 0.341. The van der Waals surface area contributed by atoms with Crippen molar-refractivity contribution in [1.29, 1.82) is 0 Å². The van der Waals surface area contributed by atoms with Crippen LogP contribution in [0.15, 0.2) is 66.9 Å². The molecule has 0 fully saturated rings.